The number of hydrogen-bond acceptors (Lipinski definition) is 4. The molecular weight excluding hydrogens is 384 g/mol. The summed E-state index contributed by atoms with van der Waals surface area (Å²) in [4.78, 5) is 5.01. The number of nitrogens with zero attached hydrogens (tertiary/aromatic N) is 2. The smallest absolute Gasteiger partial charge is 0.119 e. The van der Waals surface area contributed by atoms with Gasteiger partial charge in [-0.1, -0.05) is 32.0 Å². The Morgan fingerprint density at radius 1 is 1.00 bits per heavy atom. The summed E-state index contributed by atoms with van der Waals surface area (Å²) in [6, 6.07) is 15.3. The Balaban J connectivity index is 1.39. The highest BCUT2D eigenvalue weighted by Gasteiger charge is 2.26. The van der Waals surface area contributed by atoms with Gasteiger partial charge in [0.05, 0.1) is 13.7 Å². The van der Waals surface area contributed by atoms with E-state index in [9.17, 15) is 0 Å². The summed E-state index contributed by atoms with van der Waals surface area (Å²) < 4.78 is 11.6. The highest BCUT2D eigenvalue weighted by Crippen LogP contribution is 2.35. The molecule has 0 amide bonds. The summed E-state index contributed by atoms with van der Waals surface area (Å²) in [6.07, 6.45) is 2.50. The summed E-state index contributed by atoms with van der Waals surface area (Å²) in [5, 5.41) is 0. The molecule has 4 heteroatoms. The number of hydrogen-bond donors (Lipinski definition) is 0. The molecule has 0 N–H and O–H groups in total. The normalized spacial score (nSPS) is 20.6. The van der Waals surface area contributed by atoms with Crippen LogP contribution in [-0.4, -0.2) is 56.7 Å². The van der Waals surface area contributed by atoms with Crippen LogP contribution in [0.5, 0.6) is 11.5 Å². The Kier molecular flexibility index (Phi) is 7.19. The molecule has 168 valence electrons. The molecule has 2 heterocycles. The molecule has 1 atom stereocenters. The van der Waals surface area contributed by atoms with E-state index in [1.807, 2.05) is 0 Å². The molecule has 0 aliphatic carbocycles. The number of piperidine rings is 1. The lowest BCUT2D eigenvalue weighted by Crippen LogP contribution is -2.37. The van der Waals surface area contributed by atoms with E-state index in [0.29, 0.717) is 11.8 Å². The van der Waals surface area contributed by atoms with Gasteiger partial charge >= 0.3 is 0 Å². The zero-order chi connectivity index (χ0) is 21.8. The predicted molar refractivity (Wildman–Crippen MR) is 127 cm³/mol. The highest BCUT2D eigenvalue weighted by atomic mass is 16.5. The standard InChI is InChI=1S/C27H38N2O2/c1-20(2)16-29-13-11-21(12-14-29)19-31-25-9-10-26-23(15-25)17-28(3)18-27(26)22-5-7-24(30-4)8-6-22/h5-10,15,20-21,27H,11-14,16-19H2,1-4H3. The van der Waals surface area contributed by atoms with E-state index < -0.39 is 0 Å². The molecule has 4 rings (SSSR count). The molecule has 4 nitrogen and oxygen atoms in total. The van der Waals surface area contributed by atoms with Crippen molar-refractivity contribution in [3.05, 3.63) is 59.2 Å². The van der Waals surface area contributed by atoms with E-state index in [4.69, 9.17) is 9.47 Å². The van der Waals surface area contributed by atoms with Crippen LogP contribution < -0.4 is 9.47 Å². The largest absolute Gasteiger partial charge is 0.497 e. The van der Waals surface area contributed by atoms with Gasteiger partial charge < -0.3 is 19.3 Å². The van der Waals surface area contributed by atoms with Crippen LogP contribution in [0.2, 0.25) is 0 Å². The van der Waals surface area contributed by atoms with Crippen LogP contribution in [0, 0.1) is 11.8 Å². The Hall–Kier alpha value is -2.04. The van der Waals surface area contributed by atoms with Crippen molar-refractivity contribution < 1.29 is 9.47 Å². The third-order valence-corrected chi connectivity index (χ3v) is 6.76. The third-order valence-electron chi connectivity index (χ3n) is 6.76. The van der Waals surface area contributed by atoms with Crippen molar-refractivity contribution in [1.29, 1.82) is 0 Å². The Morgan fingerprint density at radius 2 is 1.71 bits per heavy atom. The fourth-order valence-corrected chi connectivity index (χ4v) is 5.10. The van der Waals surface area contributed by atoms with Crippen molar-refractivity contribution in [2.75, 3.05) is 46.9 Å². The van der Waals surface area contributed by atoms with E-state index in [0.717, 1.165) is 37.1 Å². The monoisotopic (exact) mass is 422 g/mol. The first-order valence-corrected chi connectivity index (χ1v) is 11.8. The first-order chi connectivity index (χ1) is 15.0. The summed E-state index contributed by atoms with van der Waals surface area (Å²) in [5.74, 6) is 3.75. The van der Waals surface area contributed by atoms with Crippen molar-refractivity contribution in [2.24, 2.45) is 11.8 Å². The lowest BCUT2D eigenvalue weighted by molar-refractivity contribution is 0.132. The van der Waals surface area contributed by atoms with E-state index in [1.54, 1.807) is 7.11 Å². The van der Waals surface area contributed by atoms with Crippen LogP contribution in [0.1, 0.15) is 49.3 Å². The summed E-state index contributed by atoms with van der Waals surface area (Å²) in [7, 11) is 3.92. The Bertz CT molecular complexity index is 841. The van der Waals surface area contributed by atoms with Gasteiger partial charge in [0.2, 0.25) is 0 Å². The van der Waals surface area contributed by atoms with Crippen molar-refractivity contribution in [2.45, 2.75) is 39.2 Å². The molecule has 2 aromatic carbocycles. The number of likely N-dealkylation sites (N-methyl/N-ethyl adjacent to an activating group) is 1. The zero-order valence-corrected chi connectivity index (χ0v) is 19.6. The molecular formula is C27H38N2O2. The predicted octanol–water partition coefficient (Wildman–Crippen LogP) is 5.02. The first kappa shape index (κ1) is 22.2. The molecule has 0 spiro atoms. The number of rotatable bonds is 7. The Labute approximate surface area is 188 Å². The van der Waals surface area contributed by atoms with Gasteiger partial charge in [0.1, 0.15) is 11.5 Å². The highest BCUT2D eigenvalue weighted by molar-refractivity contribution is 5.45. The zero-order valence-electron chi connectivity index (χ0n) is 19.6. The first-order valence-electron chi connectivity index (χ1n) is 11.8. The number of likely N-dealkylation sites (tertiary alicyclic amines) is 1. The molecule has 1 unspecified atom stereocenters. The fraction of sp³-hybridized carbons (Fsp3) is 0.556. The molecule has 31 heavy (non-hydrogen) atoms. The van der Waals surface area contributed by atoms with Gasteiger partial charge in [-0.2, -0.15) is 0 Å². The summed E-state index contributed by atoms with van der Waals surface area (Å²) in [6.45, 7) is 11.1. The maximum Gasteiger partial charge on any atom is 0.119 e. The van der Waals surface area contributed by atoms with Crippen LogP contribution in [0.25, 0.3) is 0 Å². The topological polar surface area (TPSA) is 24.9 Å². The third kappa shape index (κ3) is 5.61. The maximum atomic E-state index is 6.28. The molecule has 0 bridgehead atoms. The van der Waals surface area contributed by atoms with Crippen LogP contribution in [-0.2, 0) is 6.54 Å². The minimum absolute atomic E-state index is 0.388. The van der Waals surface area contributed by atoms with E-state index in [1.165, 1.54) is 49.2 Å². The van der Waals surface area contributed by atoms with Gasteiger partial charge in [-0.15, -0.1) is 0 Å². The van der Waals surface area contributed by atoms with Gasteiger partial charge in [-0.05, 0) is 85.8 Å². The van der Waals surface area contributed by atoms with Crippen LogP contribution in [0.3, 0.4) is 0 Å². The Morgan fingerprint density at radius 3 is 2.39 bits per heavy atom. The van der Waals surface area contributed by atoms with Crippen molar-refractivity contribution in [3.63, 3.8) is 0 Å². The van der Waals surface area contributed by atoms with E-state index in [-0.39, 0.29) is 0 Å². The lowest BCUT2D eigenvalue weighted by atomic mass is 9.84. The molecule has 2 aromatic rings. The molecule has 0 saturated carbocycles. The van der Waals surface area contributed by atoms with Gasteiger partial charge in [0.15, 0.2) is 0 Å². The van der Waals surface area contributed by atoms with Gasteiger partial charge in [-0.3, -0.25) is 0 Å². The number of ether oxygens (including phenoxy) is 2. The lowest BCUT2D eigenvalue weighted by Gasteiger charge is -2.34. The second-order valence-electron chi connectivity index (χ2n) is 9.83. The SMILES string of the molecule is COc1ccc(C2CN(C)Cc3cc(OCC4CCN(CC(C)C)CC4)ccc32)cc1. The van der Waals surface area contributed by atoms with Crippen LogP contribution >= 0.6 is 0 Å². The molecule has 0 radical (unpaired) electrons. The molecule has 1 saturated heterocycles. The molecule has 1 fully saturated rings. The van der Waals surface area contributed by atoms with Crippen molar-refractivity contribution in [3.8, 4) is 11.5 Å². The van der Waals surface area contributed by atoms with Gasteiger partial charge in [-0.25, -0.2) is 0 Å². The van der Waals surface area contributed by atoms with Crippen molar-refractivity contribution >= 4 is 0 Å². The van der Waals surface area contributed by atoms with Gasteiger partial charge in [0, 0.05) is 25.6 Å². The summed E-state index contributed by atoms with van der Waals surface area (Å²) in [5.41, 5.74) is 4.16. The van der Waals surface area contributed by atoms with Gasteiger partial charge in [0.25, 0.3) is 0 Å². The minimum atomic E-state index is 0.388. The molecule has 2 aliphatic heterocycles. The number of fused-ring (bicyclic) bond motifs is 1. The number of methoxy groups -OCH3 is 1. The van der Waals surface area contributed by atoms with E-state index >= 15 is 0 Å². The summed E-state index contributed by atoms with van der Waals surface area (Å²) >= 11 is 0. The second kappa shape index (κ2) is 10.1. The van der Waals surface area contributed by atoms with Crippen LogP contribution in [0.4, 0.5) is 0 Å². The van der Waals surface area contributed by atoms with Crippen molar-refractivity contribution in [1.82, 2.24) is 9.80 Å². The number of benzene rings is 2. The van der Waals surface area contributed by atoms with E-state index in [2.05, 4.69) is 73.2 Å². The maximum absolute atomic E-state index is 6.28. The molecule has 2 aliphatic rings. The van der Waals surface area contributed by atoms with Crippen LogP contribution in [0.15, 0.2) is 42.5 Å². The average molecular weight is 423 g/mol. The second-order valence-corrected chi connectivity index (χ2v) is 9.83. The minimum Gasteiger partial charge on any atom is -0.497 e. The average Bonchev–Trinajstić information content (AvgIpc) is 2.77. The quantitative estimate of drug-likeness (QED) is 0.626. The molecule has 0 aromatic heterocycles. The fourth-order valence-electron chi connectivity index (χ4n) is 5.10.